The van der Waals surface area contributed by atoms with E-state index < -0.39 is 33.2 Å². The van der Waals surface area contributed by atoms with Crippen LogP contribution in [0.15, 0.2) is 36.4 Å². The van der Waals surface area contributed by atoms with E-state index in [2.05, 4.69) is 9.31 Å². The van der Waals surface area contributed by atoms with Crippen molar-refractivity contribution in [3.05, 3.63) is 48.0 Å². The molecule has 0 saturated heterocycles. The summed E-state index contributed by atoms with van der Waals surface area (Å²) in [6, 6.07) is 8.58. The van der Waals surface area contributed by atoms with E-state index >= 15 is 0 Å². The second-order valence-electron chi connectivity index (χ2n) is 6.08. The van der Waals surface area contributed by atoms with Crippen molar-refractivity contribution in [3.63, 3.8) is 0 Å². The third-order valence-corrected chi connectivity index (χ3v) is 3.64. The zero-order chi connectivity index (χ0) is 20.7. The van der Waals surface area contributed by atoms with Crippen molar-refractivity contribution in [3.8, 4) is 11.5 Å². The quantitative estimate of drug-likeness (QED) is 0.531. The summed E-state index contributed by atoms with van der Waals surface area (Å²) >= 11 is 0. The molecule has 0 saturated carbocycles. The number of rotatable bonds is 8. The van der Waals surface area contributed by atoms with Gasteiger partial charge in [-0.15, -0.1) is 0 Å². The monoisotopic (exact) mass is 472 g/mol. The molecular formula is C17H22B2F2K2N2O5. The fourth-order valence-corrected chi connectivity index (χ4v) is 2.09. The molecule has 0 aliphatic heterocycles. The molecule has 0 heterocycles. The van der Waals surface area contributed by atoms with Crippen LogP contribution in [0, 0.1) is 11.6 Å². The fourth-order valence-electron chi connectivity index (χ4n) is 2.09. The molecule has 0 aliphatic carbocycles. The Hall–Kier alpha value is 0.173. The van der Waals surface area contributed by atoms with Gasteiger partial charge in [-0.2, -0.15) is 0 Å². The molecular weight excluding hydrogens is 450 g/mol. The Morgan fingerprint density at radius 2 is 1.13 bits per heavy atom. The van der Waals surface area contributed by atoms with E-state index in [1.165, 1.54) is 24.3 Å². The van der Waals surface area contributed by atoms with Crippen LogP contribution in [0.3, 0.4) is 0 Å². The molecule has 0 N–H and O–H groups in total. The molecule has 0 aliphatic rings. The molecule has 0 unspecified atom stereocenters. The number of hydrogen-bond acceptors (Lipinski definition) is 7. The summed E-state index contributed by atoms with van der Waals surface area (Å²) in [7, 11) is 6.06. The molecule has 0 spiro atoms. The first kappa shape index (κ1) is 30.2. The Balaban J connectivity index is 0.00000420. The van der Waals surface area contributed by atoms with Gasteiger partial charge in [-0.05, 0) is 24.3 Å². The predicted octanol–water partition coefficient (Wildman–Crippen LogP) is 0.944. The van der Waals surface area contributed by atoms with E-state index in [-0.39, 0.29) is 114 Å². The predicted molar refractivity (Wildman–Crippen MR) is 119 cm³/mol. The van der Waals surface area contributed by atoms with E-state index in [4.69, 9.17) is 9.31 Å². The SMILES string of the molecule is CN(C)c1ccc(F)c(OBOC(=O)OBOc2cc(N(C)C)ccc2F)c1.[KH].[KH]. The average molecular weight is 472 g/mol. The molecule has 13 heteroatoms. The van der Waals surface area contributed by atoms with Crippen molar-refractivity contribution in [2.45, 2.75) is 0 Å². The zero-order valence-electron chi connectivity index (χ0n) is 16.1. The number of carbonyl (C=O) groups excluding carboxylic acids is 1. The van der Waals surface area contributed by atoms with Crippen LogP contribution in [0.25, 0.3) is 0 Å². The molecule has 7 nitrogen and oxygen atoms in total. The third-order valence-electron chi connectivity index (χ3n) is 3.64. The van der Waals surface area contributed by atoms with Gasteiger partial charge < -0.3 is 28.4 Å². The molecule has 2 aromatic rings. The Morgan fingerprint density at radius 3 is 1.47 bits per heavy atom. The molecule has 152 valence electrons. The van der Waals surface area contributed by atoms with Crippen LogP contribution in [-0.2, 0) is 9.31 Å². The van der Waals surface area contributed by atoms with Gasteiger partial charge >= 0.3 is 124 Å². The number of nitrogens with zero attached hydrogens (tertiary/aromatic N) is 2. The van der Waals surface area contributed by atoms with Gasteiger partial charge in [0.2, 0.25) is 0 Å². The first-order valence-electron chi connectivity index (χ1n) is 8.27. The zero-order valence-corrected chi connectivity index (χ0v) is 16.1. The number of benzene rings is 2. The molecule has 30 heavy (non-hydrogen) atoms. The molecule has 0 amide bonds. The number of anilines is 2. The van der Waals surface area contributed by atoms with Gasteiger partial charge in [0.1, 0.15) is 11.5 Å². The number of hydrogen-bond donors (Lipinski definition) is 0. The fraction of sp³-hybridized carbons (Fsp3) is 0.235. The van der Waals surface area contributed by atoms with Crippen LogP contribution in [0.2, 0.25) is 0 Å². The van der Waals surface area contributed by atoms with E-state index in [0.717, 1.165) is 0 Å². The summed E-state index contributed by atoms with van der Waals surface area (Å²) in [6.45, 7) is 0. The van der Waals surface area contributed by atoms with Gasteiger partial charge in [-0.1, -0.05) is 0 Å². The second-order valence-corrected chi connectivity index (χ2v) is 6.08. The van der Waals surface area contributed by atoms with Gasteiger partial charge in [-0.25, -0.2) is 13.6 Å². The van der Waals surface area contributed by atoms with Crippen molar-refractivity contribution in [2.75, 3.05) is 38.0 Å². The summed E-state index contributed by atoms with van der Waals surface area (Å²) in [5.41, 5.74) is 1.43. The van der Waals surface area contributed by atoms with Gasteiger partial charge in [0, 0.05) is 51.7 Å². The normalized spacial score (nSPS) is 9.27. The summed E-state index contributed by atoms with van der Waals surface area (Å²) in [5, 5.41) is 0. The summed E-state index contributed by atoms with van der Waals surface area (Å²) in [4.78, 5) is 15.1. The molecule has 0 fully saturated rings. The summed E-state index contributed by atoms with van der Waals surface area (Å²) in [5.74, 6) is -1.33. The molecule has 0 atom stereocenters. The van der Waals surface area contributed by atoms with Gasteiger partial charge in [0.05, 0.1) is 0 Å². The number of carbonyl (C=O) groups is 1. The third kappa shape index (κ3) is 9.76. The van der Waals surface area contributed by atoms with Gasteiger partial charge in [0.25, 0.3) is 0 Å². The first-order valence-corrected chi connectivity index (χ1v) is 8.27. The molecule has 0 bridgehead atoms. The van der Waals surface area contributed by atoms with E-state index in [9.17, 15) is 13.6 Å². The van der Waals surface area contributed by atoms with Crippen LogP contribution >= 0.6 is 0 Å². The van der Waals surface area contributed by atoms with Crippen molar-refractivity contribution in [1.82, 2.24) is 0 Å². The van der Waals surface area contributed by atoms with Crippen molar-refractivity contribution >= 4 is 136 Å². The van der Waals surface area contributed by atoms with Crippen LogP contribution in [-0.4, -0.2) is 152 Å². The van der Waals surface area contributed by atoms with Crippen LogP contribution < -0.4 is 19.1 Å². The maximum atomic E-state index is 13.7. The minimum atomic E-state index is -1.10. The minimum absolute atomic E-state index is 0. The van der Waals surface area contributed by atoms with E-state index in [1.54, 1.807) is 50.1 Å². The van der Waals surface area contributed by atoms with E-state index in [0.29, 0.717) is 11.4 Å². The topological polar surface area (TPSA) is 60.5 Å². The Kier molecular flexibility index (Phi) is 15.2. The molecule has 0 aromatic heterocycles. The Bertz CT molecular complexity index is 769. The summed E-state index contributed by atoms with van der Waals surface area (Å²) in [6.07, 6.45) is -1.10. The Morgan fingerprint density at radius 1 is 0.767 bits per heavy atom. The van der Waals surface area contributed by atoms with Crippen LogP contribution in [0.4, 0.5) is 25.0 Å². The number of halogens is 2. The summed E-state index contributed by atoms with van der Waals surface area (Å²) < 4.78 is 47.0. The van der Waals surface area contributed by atoms with Gasteiger partial charge in [-0.3, -0.25) is 0 Å². The average Bonchev–Trinajstić information content (AvgIpc) is 2.64. The van der Waals surface area contributed by atoms with Crippen molar-refractivity contribution < 1.29 is 32.2 Å². The first-order chi connectivity index (χ1) is 13.3. The Labute approximate surface area is 261 Å². The van der Waals surface area contributed by atoms with Crippen LogP contribution in [0.1, 0.15) is 0 Å². The molecule has 2 aromatic carbocycles. The van der Waals surface area contributed by atoms with Crippen molar-refractivity contribution in [2.24, 2.45) is 0 Å². The standard InChI is InChI=1S/C17H20B2F2N2O5.2K.2H/c1-22(2)11-5-7-13(20)15(9-11)25-18-27-17(24)28-19-26-16-10-12(23(3)4)6-8-14(16)21;;;;/h5-10,18-19H,1-4H3;;;;. The van der Waals surface area contributed by atoms with Gasteiger partial charge in [0.15, 0.2) is 11.6 Å². The molecule has 2 rings (SSSR count). The van der Waals surface area contributed by atoms with Crippen molar-refractivity contribution in [1.29, 1.82) is 0 Å². The molecule has 0 radical (unpaired) electrons. The van der Waals surface area contributed by atoms with E-state index in [1.807, 2.05) is 0 Å². The van der Waals surface area contributed by atoms with Crippen LogP contribution in [0.5, 0.6) is 11.5 Å². The second kappa shape index (κ2) is 15.1. The maximum absolute atomic E-state index is 13.7.